The second kappa shape index (κ2) is 8.58. The van der Waals surface area contributed by atoms with Gasteiger partial charge in [-0.05, 0) is 29.1 Å². The van der Waals surface area contributed by atoms with Crippen LogP contribution in [0.5, 0.6) is 0 Å². The van der Waals surface area contributed by atoms with E-state index in [1.807, 2.05) is 66.0 Å². The fourth-order valence-electron chi connectivity index (χ4n) is 2.72. The molecule has 0 radical (unpaired) electrons. The highest BCUT2D eigenvalue weighted by Gasteiger charge is 2.20. The van der Waals surface area contributed by atoms with Crippen molar-refractivity contribution in [2.45, 2.75) is 18.9 Å². The number of pyridine rings is 1. The third-order valence-electron chi connectivity index (χ3n) is 4.06. The van der Waals surface area contributed by atoms with Gasteiger partial charge in [0, 0.05) is 12.6 Å². The number of carbonyl (C=O) groups is 1. The van der Waals surface area contributed by atoms with E-state index in [9.17, 15) is 4.79 Å². The zero-order valence-corrected chi connectivity index (χ0v) is 15.7. The molecule has 7 heteroatoms. The van der Waals surface area contributed by atoms with Crippen molar-refractivity contribution in [3.8, 4) is 10.7 Å². The molecule has 4 aromatic rings. The molecule has 0 fully saturated rings. The van der Waals surface area contributed by atoms with Crippen molar-refractivity contribution in [2.24, 2.45) is 0 Å². The van der Waals surface area contributed by atoms with Crippen LogP contribution in [0, 0.1) is 0 Å². The first-order valence-electron chi connectivity index (χ1n) is 8.81. The minimum Gasteiger partial charge on any atom is -0.451 e. The number of esters is 1. The summed E-state index contributed by atoms with van der Waals surface area (Å²) in [5.74, 6) is 0.596. The van der Waals surface area contributed by atoms with Gasteiger partial charge in [-0.3, -0.25) is 9.78 Å². The monoisotopic (exact) mass is 391 g/mol. The third-order valence-corrected chi connectivity index (χ3v) is 4.93. The van der Waals surface area contributed by atoms with Crippen molar-refractivity contribution >= 4 is 17.3 Å². The summed E-state index contributed by atoms with van der Waals surface area (Å²) >= 11 is 1.53. The molecule has 6 nitrogen and oxygen atoms in total. The quantitative estimate of drug-likeness (QED) is 0.433. The summed E-state index contributed by atoms with van der Waals surface area (Å²) in [5, 5.41) is 5.90. The molecule has 3 heterocycles. The third kappa shape index (κ3) is 4.32. The second-order valence-corrected chi connectivity index (χ2v) is 6.97. The molecule has 0 saturated carbocycles. The van der Waals surface area contributed by atoms with Crippen LogP contribution in [0.4, 0.5) is 0 Å². The van der Waals surface area contributed by atoms with Gasteiger partial charge < -0.3 is 9.26 Å². The molecule has 4 rings (SSSR count). The van der Waals surface area contributed by atoms with Crippen molar-refractivity contribution in [1.82, 2.24) is 15.1 Å². The molecule has 0 aliphatic heterocycles. The van der Waals surface area contributed by atoms with Crippen molar-refractivity contribution in [2.75, 3.05) is 0 Å². The molecule has 0 aliphatic rings. The van der Waals surface area contributed by atoms with Gasteiger partial charge in [0.2, 0.25) is 11.7 Å². The smallest absolute Gasteiger partial charge is 0.307 e. The molecule has 140 valence electrons. The average Bonchev–Trinajstić information content (AvgIpc) is 3.43. The SMILES string of the molecule is O=C(CCc1nc(-c2cccs2)no1)OC(c1ccccc1)c1ccccn1. The molecule has 0 bridgehead atoms. The van der Waals surface area contributed by atoms with Crippen molar-refractivity contribution < 1.29 is 14.1 Å². The Bertz CT molecular complexity index is 978. The van der Waals surface area contributed by atoms with E-state index in [1.54, 1.807) is 6.20 Å². The lowest BCUT2D eigenvalue weighted by Crippen LogP contribution is -2.14. The molecule has 1 aromatic carbocycles. The molecule has 28 heavy (non-hydrogen) atoms. The van der Waals surface area contributed by atoms with Gasteiger partial charge >= 0.3 is 5.97 Å². The Hall–Kier alpha value is -3.32. The van der Waals surface area contributed by atoms with E-state index in [1.165, 1.54) is 11.3 Å². The van der Waals surface area contributed by atoms with Crippen molar-refractivity contribution in [1.29, 1.82) is 0 Å². The van der Waals surface area contributed by atoms with Crippen LogP contribution in [-0.4, -0.2) is 21.1 Å². The number of hydrogen-bond donors (Lipinski definition) is 0. The number of nitrogens with zero attached hydrogens (tertiary/aromatic N) is 3. The van der Waals surface area contributed by atoms with E-state index in [-0.39, 0.29) is 12.4 Å². The van der Waals surface area contributed by atoms with E-state index < -0.39 is 6.10 Å². The second-order valence-electron chi connectivity index (χ2n) is 6.02. The normalized spacial score (nSPS) is 11.9. The minimum atomic E-state index is -0.556. The van der Waals surface area contributed by atoms with Gasteiger partial charge in [0.05, 0.1) is 17.0 Å². The van der Waals surface area contributed by atoms with Crippen molar-refractivity contribution in [3.63, 3.8) is 0 Å². The predicted octanol–water partition coefficient (Wildman–Crippen LogP) is 4.46. The first kappa shape index (κ1) is 18.1. The van der Waals surface area contributed by atoms with E-state index >= 15 is 0 Å². The van der Waals surface area contributed by atoms with Crippen LogP contribution in [0.1, 0.15) is 29.7 Å². The number of rotatable bonds is 7. The number of thiophene rings is 1. The Morgan fingerprint density at radius 2 is 1.93 bits per heavy atom. The highest BCUT2D eigenvalue weighted by atomic mass is 32.1. The predicted molar refractivity (Wildman–Crippen MR) is 105 cm³/mol. The number of benzene rings is 1. The number of hydrogen-bond acceptors (Lipinski definition) is 7. The number of carbonyl (C=O) groups excluding carboxylic acids is 1. The lowest BCUT2D eigenvalue weighted by atomic mass is 10.1. The summed E-state index contributed by atoms with van der Waals surface area (Å²) in [6.07, 6.45) is 1.59. The fourth-order valence-corrected chi connectivity index (χ4v) is 3.37. The largest absolute Gasteiger partial charge is 0.451 e. The first-order valence-corrected chi connectivity index (χ1v) is 9.69. The van der Waals surface area contributed by atoms with Gasteiger partial charge in [-0.1, -0.05) is 47.6 Å². The Kier molecular flexibility index (Phi) is 5.53. The fraction of sp³-hybridized carbons (Fsp3) is 0.143. The molecule has 0 spiro atoms. The molecule has 3 aromatic heterocycles. The first-order chi connectivity index (χ1) is 13.8. The van der Waals surface area contributed by atoms with Crippen LogP contribution >= 0.6 is 11.3 Å². The van der Waals surface area contributed by atoms with E-state index in [4.69, 9.17) is 9.26 Å². The molecule has 1 atom stereocenters. The number of aryl methyl sites for hydroxylation is 1. The Morgan fingerprint density at radius 1 is 1.07 bits per heavy atom. The zero-order chi connectivity index (χ0) is 19.2. The van der Waals surface area contributed by atoms with Crippen LogP contribution in [0.25, 0.3) is 10.7 Å². The number of aromatic nitrogens is 3. The average molecular weight is 391 g/mol. The topological polar surface area (TPSA) is 78.1 Å². The zero-order valence-electron chi connectivity index (χ0n) is 14.9. The number of ether oxygens (including phenoxy) is 1. The van der Waals surface area contributed by atoms with Gasteiger partial charge in [-0.25, -0.2) is 0 Å². The molecule has 0 N–H and O–H groups in total. The van der Waals surface area contributed by atoms with Gasteiger partial charge in [-0.15, -0.1) is 11.3 Å². The van der Waals surface area contributed by atoms with Crippen molar-refractivity contribution in [3.05, 3.63) is 89.4 Å². The summed E-state index contributed by atoms with van der Waals surface area (Å²) in [4.78, 5) is 22.1. The molecule has 0 aliphatic carbocycles. The van der Waals surface area contributed by atoms with E-state index in [0.717, 1.165) is 10.4 Å². The highest BCUT2D eigenvalue weighted by Crippen LogP contribution is 2.25. The van der Waals surface area contributed by atoms with E-state index in [2.05, 4.69) is 15.1 Å². The van der Waals surface area contributed by atoms with Gasteiger partial charge in [-0.2, -0.15) is 4.98 Å². The van der Waals surface area contributed by atoms with Gasteiger partial charge in [0.25, 0.3) is 0 Å². The maximum atomic E-state index is 12.5. The molecule has 1 unspecified atom stereocenters. The minimum absolute atomic E-state index is 0.141. The Morgan fingerprint density at radius 3 is 2.68 bits per heavy atom. The molecular weight excluding hydrogens is 374 g/mol. The summed E-state index contributed by atoms with van der Waals surface area (Å²) < 4.78 is 11.0. The Balaban J connectivity index is 1.42. The van der Waals surface area contributed by atoms with Crippen LogP contribution in [0.3, 0.4) is 0 Å². The lowest BCUT2D eigenvalue weighted by molar-refractivity contribution is -0.147. The van der Waals surface area contributed by atoms with Crippen LogP contribution in [0.15, 0.2) is 76.8 Å². The van der Waals surface area contributed by atoms with E-state index in [0.29, 0.717) is 23.8 Å². The summed E-state index contributed by atoms with van der Waals surface area (Å²) in [7, 11) is 0. The summed E-state index contributed by atoms with van der Waals surface area (Å²) in [6.45, 7) is 0. The van der Waals surface area contributed by atoms with Crippen LogP contribution in [-0.2, 0) is 16.0 Å². The lowest BCUT2D eigenvalue weighted by Gasteiger charge is -2.17. The van der Waals surface area contributed by atoms with Gasteiger partial charge in [0.1, 0.15) is 0 Å². The summed E-state index contributed by atoms with van der Waals surface area (Å²) in [5.41, 5.74) is 1.55. The maximum Gasteiger partial charge on any atom is 0.307 e. The molecule has 0 saturated heterocycles. The van der Waals surface area contributed by atoms with Crippen LogP contribution in [0.2, 0.25) is 0 Å². The van der Waals surface area contributed by atoms with Crippen LogP contribution < -0.4 is 0 Å². The van der Waals surface area contributed by atoms with Gasteiger partial charge in [0.15, 0.2) is 6.10 Å². The highest BCUT2D eigenvalue weighted by molar-refractivity contribution is 7.13. The standard InChI is InChI=1S/C21H17N3O3S/c25-19(12-11-18-23-21(24-27-18)17-10-6-14-28-17)26-20(15-7-2-1-3-8-15)16-9-4-5-13-22-16/h1-10,13-14,20H,11-12H2. The molecule has 0 amide bonds. The molecular formula is C21H17N3O3S. The maximum absolute atomic E-state index is 12.5. The Labute approximate surface area is 165 Å². The summed E-state index contributed by atoms with van der Waals surface area (Å²) in [6, 6.07) is 18.9.